The molecule has 1 aromatic carbocycles. The predicted octanol–water partition coefficient (Wildman–Crippen LogP) is 1.28. The molecule has 1 saturated carbocycles. The van der Waals surface area contributed by atoms with Crippen LogP contribution < -0.4 is 4.46 Å². The van der Waals surface area contributed by atoms with Gasteiger partial charge in [-0.1, -0.05) is 0 Å². The molecule has 0 heterocycles. The van der Waals surface area contributed by atoms with Crippen molar-refractivity contribution in [3.05, 3.63) is 30.3 Å². The molecule has 0 radical (unpaired) electrons. The van der Waals surface area contributed by atoms with E-state index in [1.807, 2.05) is 18.2 Å². The van der Waals surface area contributed by atoms with E-state index in [9.17, 15) is 9.90 Å². The zero-order chi connectivity index (χ0) is 13.0. The van der Waals surface area contributed by atoms with Crippen molar-refractivity contribution in [3.8, 4) is 0 Å². The summed E-state index contributed by atoms with van der Waals surface area (Å²) in [5.74, 6) is -0.247. The van der Waals surface area contributed by atoms with Crippen LogP contribution in [0, 0.1) is 0 Å². The van der Waals surface area contributed by atoms with Gasteiger partial charge in [-0.15, -0.1) is 0 Å². The van der Waals surface area contributed by atoms with Crippen molar-refractivity contribution in [2.75, 3.05) is 0 Å². The molecule has 0 aliphatic heterocycles. The van der Waals surface area contributed by atoms with Crippen LogP contribution >= 0.6 is 0 Å². The van der Waals surface area contributed by atoms with Gasteiger partial charge in [0.1, 0.15) is 0 Å². The summed E-state index contributed by atoms with van der Waals surface area (Å²) in [6.45, 7) is 1.44. The number of benzene rings is 1. The molecule has 0 aromatic heterocycles. The Hall–Kier alpha value is -0.831. The van der Waals surface area contributed by atoms with E-state index in [4.69, 9.17) is 4.74 Å². The summed E-state index contributed by atoms with van der Waals surface area (Å²) in [5, 5.41) is 10.1. The van der Waals surface area contributed by atoms with E-state index in [1.165, 1.54) is 11.4 Å². The Labute approximate surface area is 114 Å². The van der Waals surface area contributed by atoms with Crippen molar-refractivity contribution in [2.24, 2.45) is 0 Å². The van der Waals surface area contributed by atoms with Gasteiger partial charge in [0.15, 0.2) is 0 Å². The molecule has 1 aliphatic rings. The molecule has 3 nitrogen and oxygen atoms in total. The number of aliphatic hydroxyl groups is 1. The summed E-state index contributed by atoms with van der Waals surface area (Å²) in [6, 6.07) is 10.2. The number of rotatable bonds is 3. The number of carbonyl (C=O) groups excluding carboxylic acids is 1. The summed E-state index contributed by atoms with van der Waals surface area (Å²) in [5.41, 5.74) is 0. The van der Waals surface area contributed by atoms with Crippen molar-refractivity contribution in [1.82, 2.24) is 0 Å². The van der Waals surface area contributed by atoms with E-state index in [0.717, 1.165) is 19.3 Å². The van der Waals surface area contributed by atoms with Crippen LogP contribution in [-0.4, -0.2) is 38.2 Å². The quantitative estimate of drug-likeness (QED) is 0.675. The van der Waals surface area contributed by atoms with Gasteiger partial charge < -0.3 is 0 Å². The minimum absolute atomic E-state index is 0.0811. The van der Waals surface area contributed by atoms with Crippen molar-refractivity contribution >= 4 is 25.4 Å². The molecule has 2 rings (SSSR count). The fraction of sp³-hybridized carbons (Fsp3) is 0.500. The predicted molar refractivity (Wildman–Crippen MR) is 71.0 cm³/mol. The van der Waals surface area contributed by atoms with Crippen LogP contribution in [0.2, 0.25) is 4.82 Å². The Bertz CT molecular complexity index is 393. The van der Waals surface area contributed by atoms with E-state index in [1.54, 1.807) is 0 Å². The first-order valence-corrected chi connectivity index (χ1v) is 8.08. The summed E-state index contributed by atoms with van der Waals surface area (Å²) >= 11 is 0.140. The van der Waals surface area contributed by atoms with Gasteiger partial charge >= 0.3 is 114 Å². The van der Waals surface area contributed by atoms with Gasteiger partial charge in [0, 0.05) is 0 Å². The molecule has 0 saturated heterocycles. The number of hydrogen-bond acceptors (Lipinski definition) is 3. The molecule has 98 valence electrons. The van der Waals surface area contributed by atoms with E-state index in [2.05, 4.69) is 12.1 Å². The van der Waals surface area contributed by atoms with Crippen LogP contribution in [0.5, 0.6) is 0 Å². The number of carbonyl (C=O) groups is 1. The Morgan fingerprint density at radius 1 is 1.33 bits per heavy atom. The molecular weight excluding hydrogens is 295 g/mol. The molecule has 0 spiro atoms. The Morgan fingerprint density at radius 3 is 2.72 bits per heavy atom. The van der Waals surface area contributed by atoms with Crippen LogP contribution in [0.3, 0.4) is 0 Å². The molecule has 18 heavy (non-hydrogen) atoms. The fourth-order valence-electron chi connectivity index (χ4n) is 2.25. The second-order valence-electron chi connectivity index (χ2n) is 4.54. The van der Waals surface area contributed by atoms with Crippen molar-refractivity contribution in [2.45, 2.75) is 43.2 Å². The fourth-order valence-corrected chi connectivity index (χ4v) is 4.91. The number of ether oxygens (including phenoxy) is 1. The normalized spacial score (nSPS) is 27.8. The number of esters is 1. The number of aliphatic hydroxyl groups excluding tert-OH is 1. The third-order valence-corrected chi connectivity index (χ3v) is 6.08. The standard InChI is InChI=1S/C14H18O3Se/c1-10(15)17-13-9-5-8-12(16)14(13)18-11-6-3-2-4-7-11/h2-4,6-7,12-14,16H,5,8-9H2,1H3/t12-,13-,14+/m1/s1. The minimum atomic E-state index is -0.344. The second-order valence-corrected chi connectivity index (χ2v) is 7.17. The van der Waals surface area contributed by atoms with Crippen molar-refractivity contribution in [1.29, 1.82) is 0 Å². The summed E-state index contributed by atoms with van der Waals surface area (Å²) in [4.78, 5) is 11.2. The second kappa shape index (κ2) is 6.37. The van der Waals surface area contributed by atoms with E-state index in [-0.39, 0.29) is 38.0 Å². The van der Waals surface area contributed by atoms with Crippen molar-refractivity contribution in [3.63, 3.8) is 0 Å². The van der Waals surface area contributed by atoms with Crippen LogP contribution in [0.25, 0.3) is 0 Å². The Kier molecular flexibility index (Phi) is 4.81. The van der Waals surface area contributed by atoms with Crippen LogP contribution in [-0.2, 0) is 9.53 Å². The maximum absolute atomic E-state index is 11.1. The summed E-state index contributed by atoms with van der Waals surface area (Å²) < 4.78 is 6.61. The molecule has 4 heteroatoms. The molecule has 1 fully saturated rings. The van der Waals surface area contributed by atoms with Crippen LogP contribution in [0.15, 0.2) is 30.3 Å². The van der Waals surface area contributed by atoms with Gasteiger partial charge in [0.25, 0.3) is 0 Å². The molecule has 3 atom stereocenters. The molecule has 1 N–H and O–H groups in total. The van der Waals surface area contributed by atoms with E-state index >= 15 is 0 Å². The van der Waals surface area contributed by atoms with E-state index < -0.39 is 0 Å². The van der Waals surface area contributed by atoms with Crippen molar-refractivity contribution < 1.29 is 14.6 Å². The van der Waals surface area contributed by atoms with E-state index in [0.29, 0.717) is 0 Å². The summed E-state index contributed by atoms with van der Waals surface area (Å²) in [6.07, 6.45) is 2.16. The third kappa shape index (κ3) is 3.58. The number of hydrogen-bond donors (Lipinski definition) is 1. The first-order chi connectivity index (χ1) is 8.66. The molecule has 0 unspecified atom stereocenters. The Morgan fingerprint density at radius 2 is 2.06 bits per heavy atom. The molecule has 0 bridgehead atoms. The van der Waals surface area contributed by atoms with Gasteiger partial charge in [-0.3, -0.25) is 0 Å². The molecular formula is C14H18O3Se. The first kappa shape index (κ1) is 13.6. The van der Waals surface area contributed by atoms with Gasteiger partial charge in [0.05, 0.1) is 0 Å². The molecule has 0 amide bonds. The van der Waals surface area contributed by atoms with Gasteiger partial charge in [0.2, 0.25) is 0 Å². The van der Waals surface area contributed by atoms with Crippen LogP contribution in [0.1, 0.15) is 26.2 Å². The SMILES string of the molecule is CC(=O)O[C@@H]1CCC[C@@H](O)[C@@H]1[Se]c1ccccc1. The molecule has 1 aromatic rings. The third-order valence-electron chi connectivity index (χ3n) is 3.07. The average molecular weight is 313 g/mol. The Balaban J connectivity index is 2.07. The zero-order valence-corrected chi connectivity index (χ0v) is 12.1. The monoisotopic (exact) mass is 314 g/mol. The topological polar surface area (TPSA) is 46.5 Å². The van der Waals surface area contributed by atoms with Gasteiger partial charge in [-0.25, -0.2) is 0 Å². The average Bonchev–Trinajstić information content (AvgIpc) is 2.34. The maximum atomic E-state index is 11.1. The zero-order valence-electron chi connectivity index (χ0n) is 10.4. The van der Waals surface area contributed by atoms with Crippen LogP contribution in [0.4, 0.5) is 0 Å². The first-order valence-electron chi connectivity index (χ1n) is 6.24. The molecule has 1 aliphatic carbocycles. The van der Waals surface area contributed by atoms with Gasteiger partial charge in [-0.2, -0.15) is 0 Å². The van der Waals surface area contributed by atoms with Gasteiger partial charge in [-0.05, 0) is 0 Å². The summed E-state index contributed by atoms with van der Waals surface area (Å²) in [7, 11) is 0.